The van der Waals surface area contributed by atoms with E-state index in [-0.39, 0.29) is 30.7 Å². The molecule has 2 fully saturated rings. The zero-order valence-corrected chi connectivity index (χ0v) is 29.0. The van der Waals surface area contributed by atoms with E-state index in [0.29, 0.717) is 32.1 Å². The van der Waals surface area contributed by atoms with Gasteiger partial charge in [0.15, 0.2) is 0 Å². The minimum atomic E-state index is -3.39. The van der Waals surface area contributed by atoms with Gasteiger partial charge < -0.3 is 26.2 Å². The van der Waals surface area contributed by atoms with Crippen LogP contribution in [0.1, 0.15) is 99.3 Å². The zero-order valence-electron chi connectivity index (χ0n) is 28.2. The number of amides is 5. The van der Waals surface area contributed by atoms with Crippen molar-refractivity contribution in [3.63, 3.8) is 0 Å². The summed E-state index contributed by atoms with van der Waals surface area (Å²) in [5, 5.41) is 10.9. The van der Waals surface area contributed by atoms with E-state index in [1.54, 1.807) is 0 Å². The molecule has 1 aliphatic carbocycles. The first kappa shape index (κ1) is 38.2. The maximum absolute atomic E-state index is 14.2. The Labute approximate surface area is 269 Å². The number of piperidine rings is 1. The van der Waals surface area contributed by atoms with Crippen LogP contribution in [-0.2, 0) is 29.0 Å². The molecule has 4 N–H and O–H groups in total. The molecule has 256 valence electrons. The van der Waals surface area contributed by atoms with Gasteiger partial charge in [-0.2, -0.15) is 0 Å². The summed E-state index contributed by atoms with van der Waals surface area (Å²) in [6, 6.07) is -3.66. The molecule has 1 aliphatic heterocycles. The number of ketones is 1. The lowest BCUT2D eigenvalue weighted by atomic mass is 9.77. The third-order valence-corrected chi connectivity index (χ3v) is 9.77. The topological polar surface area (TPSA) is 171 Å². The lowest BCUT2D eigenvalue weighted by Crippen LogP contribution is -2.65. The van der Waals surface area contributed by atoms with Crippen LogP contribution in [0.5, 0.6) is 0 Å². The molecule has 1 saturated carbocycles. The van der Waals surface area contributed by atoms with Gasteiger partial charge in [-0.15, -0.1) is 6.58 Å². The largest absolute Gasteiger partial charge is 0.346 e. The van der Waals surface area contributed by atoms with Crippen LogP contribution in [0.4, 0.5) is 4.79 Å². The van der Waals surface area contributed by atoms with Gasteiger partial charge in [-0.3, -0.25) is 19.2 Å². The number of Topliss-reactive ketones (excluding diaryl/α,β-unsaturated/α-hetero) is 1. The molecule has 13 heteroatoms. The molecule has 0 aromatic carbocycles. The van der Waals surface area contributed by atoms with Crippen molar-refractivity contribution in [2.24, 2.45) is 10.8 Å². The van der Waals surface area contributed by atoms with Crippen molar-refractivity contribution in [2.75, 3.05) is 25.1 Å². The van der Waals surface area contributed by atoms with Crippen molar-refractivity contribution in [3.8, 4) is 0 Å². The highest BCUT2D eigenvalue weighted by Gasteiger charge is 2.46. The molecule has 0 spiro atoms. The van der Waals surface area contributed by atoms with Gasteiger partial charge in [0, 0.05) is 19.3 Å². The first-order chi connectivity index (χ1) is 20.7. The van der Waals surface area contributed by atoms with Gasteiger partial charge in [0.2, 0.25) is 17.6 Å². The first-order valence-electron chi connectivity index (χ1n) is 16.0. The standard InChI is InChI=1S/C32H55N5O7S/c1-9-14-22(24(38)27(40)33-18-10-2)34-26(39)23-20-31(6,7)17-19-37(23)28(41)25(30(3,4)5)35-29(42)36-32(21-45(8,43)44)15-12-11-13-16-32/h10,22-23,25H,2,9,11-21H2,1,3-8H3,(H,33,40)(H,34,39)(H2,35,36,42)/t22?,23-,25+/m0/s1. The summed E-state index contributed by atoms with van der Waals surface area (Å²) in [7, 11) is -3.39. The Balaban J connectivity index is 2.33. The second-order valence-electron chi connectivity index (χ2n) is 14.7. The van der Waals surface area contributed by atoms with E-state index in [1.165, 1.54) is 11.0 Å². The molecule has 0 aromatic heterocycles. The molecule has 12 nitrogen and oxygen atoms in total. The molecule has 3 atom stereocenters. The SMILES string of the molecule is C=CCNC(=O)C(=O)C(CCC)NC(=O)[C@@H]1CC(C)(C)CCN1C(=O)[C@@H](NC(=O)NC1(CS(C)(=O)=O)CCCCC1)C(C)(C)C. The summed E-state index contributed by atoms with van der Waals surface area (Å²) in [6.07, 6.45) is 7.90. The number of hydrogen-bond donors (Lipinski definition) is 4. The molecule has 5 amide bonds. The average Bonchev–Trinajstić information content (AvgIpc) is 2.91. The van der Waals surface area contributed by atoms with Crippen LogP contribution >= 0.6 is 0 Å². The summed E-state index contributed by atoms with van der Waals surface area (Å²) in [4.78, 5) is 68.3. The van der Waals surface area contributed by atoms with Crippen molar-refractivity contribution in [1.29, 1.82) is 0 Å². The van der Waals surface area contributed by atoms with Gasteiger partial charge in [0.25, 0.3) is 5.91 Å². The van der Waals surface area contributed by atoms with Crippen molar-refractivity contribution in [2.45, 2.75) is 123 Å². The van der Waals surface area contributed by atoms with Gasteiger partial charge in [0.05, 0.1) is 17.3 Å². The third-order valence-electron chi connectivity index (χ3n) is 8.69. The van der Waals surface area contributed by atoms with Crippen LogP contribution in [0.3, 0.4) is 0 Å². The maximum atomic E-state index is 14.2. The van der Waals surface area contributed by atoms with Gasteiger partial charge in [-0.25, -0.2) is 13.2 Å². The smallest absolute Gasteiger partial charge is 0.315 e. The Morgan fingerprint density at radius 3 is 2.18 bits per heavy atom. The number of carbonyl (C=O) groups is 5. The van der Waals surface area contributed by atoms with Crippen molar-refractivity contribution < 1.29 is 32.4 Å². The Bertz CT molecular complexity index is 1220. The van der Waals surface area contributed by atoms with Gasteiger partial charge in [0.1, 0.15) is 21.9 Å². The highest BCUT2D eigenvalue weighted by Crippen LogP contribution is 2.36. The molecule has 1 heterocycles. The van der Waals surface area contributed by atoms with E-state index in [0.717, 1.165) is 25.5 Å². The van der Waals surface area contributed by atoms with E-state index < -0.39 is 68.5 Å². The highest BCUT2D eigenvalue weighted by molar-refractivity contribution is 7.90. The number of sulfone groups is 1. The van der Waals surface area contributed by atoms with Crippen molar-refractivity contribution in [1.82, 2.24) is 26.2 Å². The number of urea groups is 1. The zero-order chi connectivity index (χ0) is 34.2. The Kier molecular flexibility index (Phi) is 13.2. The number of nitrogens with one attached hydrogen (secondary N) is 4. The van der Waals surface area contributed by atoms with Crippen LogP contribution in [0.25, 0.3) is 0 Å². The predicted octanol–water partition coefficient (Wildman–Crippen LogP) is 2.62. The van der Waals surface area contributed by atoms with Gasteiger partial charge >= 0.3 is 6.03 Å². The monoisotopic (exact) mass is 653 g/mol. The van der Waals surface area contributed by atoms with Crippen molar-refractivity contribution >= 4 is 39.4 Å². The minimum Gasteiger partial charge on any atom is -0.346 e. The number of rotatable bonds is 13. The molecule has 1 saturated heterocycles. The first-order valence-corrected chi connectivity index (χ1v) is 18.1. The molecule has 1 unspecified atom stereocenters. The maximum Gasteiger partial charge on any atom is 0.315 e. The number of carbonyl (C=O) groups excluding carboxylic acids is 5. The third kappa shape index (κ3) is 11.4. The van der Waals surface area contributed by atoms with E-state index in [4.69, 9.17) is 0 Å². The predicted molar refractivity (Wildman–Crippen MR) is 174 cm³/mol. The average molecular weight is 654 g/mol. The number of hydrogen-bond acceptors (Lipinski definition) is 7. The summed E-state index contributed by atoms with van der Waals surface area (Å²) < 4.78 is 24.5. The summed E-state index contributed by atoms with van der Waals surface area (Å²) >= 11 is 0. The van der Waals surface area contributed by atoms with Crippen LogP contribution in [0, 0.1) is 10.8 Å². The fraction of sp³-hybridized carbons (Fsp3) is 0.781. The summed E-state index contributed by atoms with van der Waals surface area (Å²) in [6.45, 7) is 15.2. The van der Waals surface area contributed by atoms with Gasteiger partial charge in [-0.1, -0.05) is 73.3 Å². The van der Waals surface area contributed by atoms with E-state index in [9.17, 15) is 32.4 Å². The van der Waals surface area contributed by atoms with Gasteiger partial charge in [-0.05, 0) is 42.9 Å². The highest BCUT2D eigenvalue weighted by atomic mass is 32.2. The lowest BCUT2D eigenvalue weighted by molar-refractivity contribution is -0.149. The fourth-order valence-corrected chi connectivity index (χ4v) is 7.67. The molecule has 2 rings (SSSR count). The van der Waals surface area contributed by atoms with E-state index in [2.05, 4.69) is 27.8 Å². The fourth-order valence-electron chi connectivity index (χ4n) is 6.31. The Morgan fingerprint density at radius 1 is 1.02 bits per heavy atom. The molecule has 0 aromatic rings. The normalized spacial score (nSPS) is 21.0. The summed E-state index contributed by atoms with van der Waals surface area (Å²) in [5.41, 5.74) is -1.97. The van der Waals surface area contributed by atoms with E-state index in [1.807, 2.05) is 41.5 Å². The van der Waals surface area contributed by atoms with E-state index >= 15 is 0 Å². The second kappa shape index (κ2) is 15.6. The molecular weight excluding hydrogens is 598 g/mol. The quantitative estimate of drug-likeness (QED) is 0.175. The molecular formula is C32H55N5O7S. The van der Waals surface area contributed by atoms with Crippen LogP contribution < -0.4 is 21.3 Å². The molecule has 0 bridgehead atoms. The Hall–Kier alpha value is -2.96. The number of likely N-dealkylation sites (tertiary alicyclic amines) is 1. The molecule has 0 radical (unpaired) electrons. The Morgan fingerprint density at radius 2 is 1.64 bits per heavy atom. The molecule has 2 aliphatic rings. The van der Waals surface area contributed by atoms with Crippen LogP contribution in [-0.4, -0.2) is 91.6 Å². The summed E-state index contributed by atoms with van der Waals surface area (Å²) in [5.74, 6) is -2.76. The van der Waals surface area contributed by atoms with Crippen LogP contribution in [0.2, 0.25) is 0 Å². The van der Waals surface area contributed by atoms with Crippen LogP contribution in [0.15, 0.2) is 12.7 Å². The van der Waals surface area contributed by atoms with Crippen molar-refractivity contribution in [3.05, 3.63) is 12.7 Å². The minimum absolute atomic E-state index is 0.112. The number of nitrogens with zero attached hydrogens (tertiary/aromatic N) is 1. The molecule has 45 heavy (non-hydrogen) atoms. The lowest BCUT2D eigenvalue weighted by Gasteiger charge is -2.45. The second-order valence-corrected chi connectivity index (χ2v) is 16.8.